The van der Waals surface area contributed by atoms with Crippen LogP contribution in [0.25, 0.3) is 17.3 Å². The molecule has 0 spiro atoms. The predicted octanol–water partition coefficient (Wildman–Crippen LogP) is 3.27. The molecule has 0 fully saturated rings. The Balaban J connectivity index is 1.86. The van der Waals surface area contributed by atoms with Crippen molar-refractivity contribution in [2.24, 2.45) is 0 Å². The summed E-state index contributed by atoms with van der Waals surface area (Å²) in [6.45, 7) is 0. The third-order valence-electron chi connectivity index (χ3n) is 3.57. The van der Waals surface area contributed by atoms with Gasteiger partial charge >= 0.3 is 0 Å². The van der Waals surface area contributed by atoms with Crippen LogP contribution in [0.5, 0.6) is 5.75 Å². The van der Waals surface area contributed by atoms with Gasteiger partial charge in [0.1, 0.15) is 17.4 Å². The molecule has 0 aliphatic heterocycles. The third-order valence-corrected chi connectivity index (χ3v) is 3.57. The van der Waals surface area contributed by atoms with Crippen molar-refractivity contribution < 1.29 is 9.53 Å². The normalized spacial score (nSPS) is 11.0. The highest BCUT2D eigenvalue weighted by atomic mass is 16.5. The molecule has 122 valence electrons. The number of H-pyrrole nitrogens is 1. The SMILES string of the molecule is COc1ccc(C(=O)/C(C#N)=C\c2cc(-c3cccnc3)n[nH]2)cc1. The average Bonchev–Trinajstić information content (AvgIpc) is 3.15. The summed E-state index contributed by atoms with van der Waals surface area (Å²) < 4.78 is 5.07. The zero-order chi connectivity index (χ0) is 17.6. The van der Waals surface area contributed by atoms with E-state index in [0.717, 1.165) is 5.56 Å². The highest BCUT2D eigenvalue weighted by molar-refractivity contribution is 6.14. The van der Waals surface area contributed by atoms with Crippen LogP contribution in [0.2, 0.25) is 0 Å². The van der Waals surface area contributed by atoms with Gasteiger partial charge in [-0.05, 0) is 48.5 Å². The van der Waals surface area contributed by atoms with Gasteiger partial charge in [0.15, 0.2) is 0 Å². The van der Waals surface area contributed by atoms with Gasteiger partial charge in [-0.3, -0.25) is 14.9 Å². The van der Waals surface area contributed by atoms with Gasteiger partial charge in [0.25, 0.3) is 0 Å². The van der Waals surface area contributed by atoms with Crippen molar-refractivity contribution in [2.75, 3.05) is 7.11 Å². The van der Waals surface area contributed by atoms with Crippen LogP contribution in [0, 0.1) is 11.3 Å². The Morgan fingerprint density at radius 3 is 2.72 bits per heavy atom. The Morgan fingerprint density at radius 1 is 1.28 bits per heavy atom. The Bertz CT molecular complexity index is 951. The number of Topliss-reactive ketones (excluding diaryl/α,β-unsaturated/α-hetero) is 1. The largest absolute Gasteiger partial charge is 0.497 e. The van der Waals surface area contributed by atoms with Gasteiger partial charge in [-0.25, -0.2) is 0 Å². The lowest BCUT2D eigenvalue weighted by Gasteiger charge is -2.01. The van der Waals surface area contributed by atoms with Gasteiger partial charge in [0.05, 0.1) is 18.5 Å². The first-order chi connectivity index (χ1) is 12.2. The van der Waals surface area contributed by atoms with Crippen molar-refractivity contribution in [1.29, 1.82) is 5.26 Å². The number of rotatable bonds is 5. The van der Waals surface area contributed by atoms with E-state index in [1.54, 1.807) is 49.8 Å². The van der Waals surface area contributed by atoms with Crippen molar-refractivity contribution in [3.05, 3.63) is 71.7 Å². The molecule has 0 saturated carbocycles. The number of ether oxygens (including phenoxy) is 1. The van der Waals surface area contributed by atoms with E-state index in [9.17, 15) is 10.1 Å². The third kappa shape index (κ3) is 3.62. The van der Waals surface area contributed by atoms with Crippen LogP contribution in [0.3, 0.4) is 0 Å². The molecule has 1 aromatic carbocycles. The number of nitrogens with one attached hydrogen (secondary N) is 1. The molecule has 1 N–H and O–H groups in total. The fourth-order valence-electron chi connectivity index (χ4n) is 2.27. The minimum Gasteiger partial charge on any atom is -0.497 e. The van der Waals surface area contributed by atoms with Crippen LogP contribution in [-0.4, -0.2) is 28.1 Å². The van der Waals surface area contributed by atoms with Gasteiger partial charge in [-0.2, -0.15) is 10.4 Å². The zero-order valence-electron chi connectivity index (χ0n) is 13.4. The number of nitriles is 1. The minimum atomic E-state index is -0.359. The number of hydrogen-bond acceptors (Lipinski definition) is 5. The maximum Gasteiger partial charge on any atom is 0.203 e. The minimum absolute atomic E-state index is 0.0200. The zero-order valence-corrected chi connectivity index (χ0v) is 13.4. The number of carbonyl (C=O) groups excluding carboxylic acids is 1. The number of nitrogens with zero attached hydrogens (tertiary/aromatic N) is 3. The number of carbonyl (C=O) groups is 1. The monoisotopic (exact) mass is 330 g/mol. The summed E-state index contributed by atoms with van der Waals surface area (Å²) in [6, 6.07) is 14.0. The summed E-state index contributed by atoms with van der Waals surface area (Å²) in [7, 11) is 1.55. The number of pyridine rings is 1. The molecule has 0 amide bonds. The molecule has 0 saturated heterocycles. The molecular formula is C19H14N4O2. The number of aromatic nitrogens is 3. The topological polar surface area (TPSA) is 91.7 Å². The molecule has 25 heavy (non-hydrogen) atoms. The number of methoxy groups -OCH3 is 1. The maximum atomic E-state index is 12.5. The van der Waals surface area contributed by atoms with Crippen LogP contribution in [0.1, 0.15) is 16.1 Å². The fourth-order valence-corrected chi connectivity index (χ4v) is 2.27. The molecule has 6 heteroatoms. The number of ketones is 1. The number of hydrogen-bond donors (Lipinski definition) is 1. The first-order valence-electron chi connectivity index (χ1n) is 7.47. The van der Waals surface area contributed by atoms with E-state index in [4.69, 9.17) is 4.74 Å². The lowest BCUT2D eigenvalue weighted by molar-refractivity contribution is 0.104. The van der Waals surface area contributed by atoms with Gasteiger partial charge in [0.2, 0.25) is 5.78 Å². The van der Waals surface area contributed by atoms with Crippen LogP contribution in [0.4, 0.5) is 0 Å². The lowest BCUT2D eigenvalue weighted by Crippen LogP contribution is -2.02. The van der Waals surface area contributed by atoms with Gasteiger partial charge < -0.3 is 4.74 Å². The van der Waals surface area contributed by atoms with E-state index in [1.165, 1.54) is 6.08 Å². The van der Waals surface area contributed by atoms with Crippen LogP contribution < -0.4 is 4.74 Å². The van der Waals surface area contributed by atoms with Crippen LogP contribution in [0.15, 0.2) is 60.4 Å². The highest BCUT2D eigenvalue weighted by Gasteiger charge is 2.13. The summed E-state index contributed by atoms with van der Waals surface area (Å²) in [6.07, 6.45) is 4.86. The second kappa shape index (κ2) is 7.23. The summed E-state index contributed by atoms with van der Waals surface area (Å²) in [5.74, 6) is 0.288. The summed E-state index contributed by atoms with van der Waals surface area (Å²) in [4.78, 5) is 16.5. The quantitative estimate of drug-likeness (QED) is 0.440. The van der Waals surface area contributed by atoms with Gasteiger partial charge in [-0.15, -0.1) is 0 Å². The van der Waals surface area contributed by atoms with E-state index in [1.807, 2.05) is 18.2 Å². The molecule has 2 aromatic heterocycles. The second-order valence-corrected chi connectivity index (χ2v) is 5.18. The van der Waals surface area contributed by atoms with Crippen molar-refractivity contribution in [1.82, 2.24) is 15.2 Å². The first kappa shape index (κ1) is 16.1. The Hall–Kier alpha value is -3.72. The molecule has 3 rings (SSSR count). The van der Waals surface area contributed by atoms with Crippen molar-refractivity contribution in [3.8, 4) is 23.1 Å². The predicted molar refractivity (Wildman–Crippen MR) is 92.7 cm³/mol. The van der Waals surface area contributed by atoms with Gasteiger partial charge in [0, 0.05) is 23.5 Å². The molecule has 3 aromatic rings. The smallest absolute Gasteiger partial charge is 0.203 e. The van der Waals surface area contributed by atoms with Crippen LogP contribution >= 0.6 is 0 Å². The molecule has 6 nitrogen and oxygen atoms in total. The van der Waals surface area contributed by atoms with E-state index in [0.29, 0.717) is 22.7 Å². The van der Waals surface area contributed by atoms with Crippen molar-refractivity contribution in [3.63, 3.8) is 0 Å². The molecule has 0 bridgehead atoms. The number of aromatic amines is 1. The van der Waals surface area contributed by atoms with E-state index in [2.05, 4.69) is 15.2 Å². The van der Waals surface area contributed by atoms with E-state index in [-0.39, 0.29) is 11.4 Å². The summed E-state index contributed by atoms with van der Waals surface area (Å²) >= 11 is 0. The Morgan fingerprint density at radius 2 is 2.08 bits per heavy atom. The Kier molecular flexibility index (Phi) is 4.67. The Labute approximate surface area is 144 Å². The molecule has 0 radical (unpaired) electrons. The van der Waals surface area contributed by atoms with Crippen LogP contribution in [-0.2, 0) is 0 Å². The number of allylic oxidation sites excluding steroid dienone is 1. The molecule has 0 aliphatic carbocycles. The molecule has 0 unspecified atom stereocenters. The molecular weight excluding hydrogens is 316 g/mol. The standard InChI is InChI=1S/C19H14N4O2/c1-25-17-6-4-13(5-7-17)19(24)15(11-20)9-16-10-18(23-22-16)14-3-2-8-21-12-14/h2-10,12H,1H3,(H,22,23)/b15-9-. The van der Waals surface area contributed by atoms with E-state index < -0.39 is 0 Å². The average molecular weight is 330 g/mol. The number of benzene rings is 1. The molecule has 0 aliphatic rings. The van der Waals surface area contributed by atoms with Gasteiger partial charge in [-0.1, -0.05) is 0 Å². The highest BCUT2D eigenvalue weighted by Crippen LogP contribution is 2.19. The second-order valence-electron chi connectivity index (χ2n) is 5.18. The summed E-state index contributed by atoms with van der Waals surface area (Å²) in [5.41, 5.74) is 2.54. The van der Waals surface area contributed by atoms with Crippen molar-refractivity contribution in [2.45, 2.75) is 0 Å². The summed E-state index contributed by atoms with van der Waals surface area (Å²) in [5, 5.41) is 16.3. The molecule has 2 heterocycles. The molecule has 0 atom stereocenters. The first-order valence-corrected chi connectivity index (χ1v) is 7.47. The van der Waals surface area contributed by atoms with Crippen molar-refractivity contribution >= 4 is 11.9 Å². The fraction of sp³-hybridized carbons (Fsp3) is 0.0526. The van der Waals surface area contributed by atoms with E-state index >= 15 is 0 Å². The maximum absolute atomic E-state index is 12.5. The lowest BCUT2D eigenvalue weighted by atomic mass is 10.0.